The van der Waals surface area contributed by atoms with E-state index in [0.717, 1.165) is 50.2 Å². The maximum absolute atomic E-state index is 12.3. The maximum Gasteiger partial charge on any atom is 0.220 e. The smallest absolute Gasteiger partial charge is 0.220 e. The number of carbonyl (C=O) groups is 1. The summed E-state index contributed by atoms with van der Waals surface area (Å²) in [7, 11) is 0. The molecule has 1 amide bonds. The number of nitrogens with zero attached hydrogens (tertiary/aromatic N) is 2. The second-order valence-electron chi connectivity index (χ2n) is 7.11. The third-order valence-corrected chi connectivity index (χ3v) is 5.31. The van der Waals surface area contributed by atoms with Gasteiger partial charge in [-0.05, 0) is 44.2 Å². The number of fused-ring (bicyclic) bond motifs is 1. The van der Waals surface area contributed by atoms with Gasteiger partial charge in [0.05, 0.1) is 5.69 Å². The number of rotatable bonds is 6. The predicted octanol–water partition coefficient (Wildman–Crippen LogP) is 1.68. The summed E-state index contributed by atoms with van der Waals surface area (Å²) in [6.45, 7) is 1.70. The summed E-state index contributed by atoms with van der Waals surface area (Å²) >= 11 is 0. The molecule has 2 aromatic rings. The van der Waals surface area contributed by atoms with Gasteiger partial charge in [0.2, 0.25) is 5.91 Å². The quantitative estimate of drug-likeness (QED) is 0.838. The minimum Gasteiger partial charge on any atom is -0.381 e. The fraction of sp³-hybridized carbons (Fsp3) is 0.579. The first-order valence-electron chi connectivity index (χ1n) is 9.34. The van der Waals surface area contributed by atoms with Crippen LogP contribution in [0.2, 0.25) is 0 Å². The van der Waals surface area contributed by atoms with Crippen molar-refractivity contribution in [3.8, 4) is 0 Å². The molecule has 2 aliphatic rings. The standard InChI is InChI=1S/C19H26N4O2/c24-19(7-4-15-13-23-10-2-1-3-18(23)21-15)22-17-6-5-16(17)20-14-8-11-25-12-9-14/h1-3,10,13-14,16-17,20H,4-9,11-12H2,(H,22,24)/t16-,17+/m1/s1. The lowest BCUT2D eigenvalue weighted by Gasteiger charge is -2.41. The normalized spacial score (nSPS) is 24.2. The molecule has 4 rings (SSSR count). The lowest BCUT2D eigenvalue weighted by Crippen LogP contribution is -2.59. The average molecular weight is 342 g/mol. The minimum absolute atomic E-state index is 0.125. The summed E-state index contributed by atoms with van der Waals surface area (Å²) in [5, 5.41) is 6.88. The first-order valence-corrected chi connectivity index (χ1v) is 9.34. The van der Waals surface area contributed by atoms with E-state index in [1.54, 1.807) is 0 Å². The number of imidazole rings is 1. The highest BCUT2D eigenvalue weighted by Gasteiger charge is 2.33. The number of aryl methyl sites for hydroxylation is 1. The topological polar surface area (TPSA) is 67.7 Å². The van der Waals surface area contributed by atoms with Crippen molar-refractivity contribution in [2.24, 2.45) is 0 Å². The summed E-state index contributed by atoms with van der Waals surface area (Å²) in [4.78, 5) is 16.8. The van der Waals surface area contributed by atoms with E-state index in [4.69, 9.17) is 4.74 Å². The van der Waals surface area contributed by atoms with Gasteiger partial charge in [-0.15, -0.1) is 0 Å². The molecule has 25 heavy (non-hydrogen) atoms. The van der Waals surface area contributed by atoms with Crippen LogP contribution in [0.1, 0.15) is 37.8 Å². The van der Waals surface area contributed by atoms with Crippen molar-refractivity contribution in [1.82, 2.24) is 20.0 Å². The van der Waals surface area contributed by atoms with E-state index in [2.05, 4.69) is 15.6 Å². The number of carbonyl (C=O) groups excluding carboxylic acids is 1. The zero-order valence-electron chi connectivity index (χ0n) is 14.5. The van der Waals surface area contributed by atoms with E-state index < -0.39 is 0 Å². The molecule has 0 spiro atoms. The zero-order valence-corrected chi connectivity index (χ0v) is 14.5. The average Bonchev–Trinajstić information content (AvgIpc) is 3.05. The first kappa shape index (κ1) is 16.5. The van der Waals surface area contributed by atoms with Gasteiger partial charge in [-0.2, -0.15) is 0 Å². The third-order valence-electron chi connectivity index (χ3n) is 5.31. The van der Waals surface area contributed by atoms with E-state index in [9.17, 15) is 4.79 Å². The monoisotopic (exact) mass is 342 g/mol. The van der Waals surface area contributed by atoms with E-state index in [1.165, 1.54) is 0 Å². The van der Waals surface area contributed by atoms with Gasteiger partial charge in [0, 0.05) is 50.2 Å². The van der Waals surface area contributed by atoms with Gasteiger partial charge >= 0.3 is 0 Å². The van der Waals surface area contributed by atoms with Crippen molar-refractivity contribution in [3.63, 3.8) is 0 Å². The Bertz CT molecular complexity index is 690. The van der Waals surface area contributed by atoms with Gasteiger partial charge in [0.1, 0.15) is 5.65 Å². The summed E-state index contributed by atoms with van der Waals surface area (Å²) in [5.41, 5.74) is 1.89. The molecule has 2 fully saturated rings. The van der Waals surface area contributed by atoms with Gasteiger partial charge in [0.25, 0.3) is 0 Å². The van der Waals surface area contributed by atoms with Crippen LogP contribution < -0.4 is 10.6 Å². The molecule has 0 bridgehead atoms. The van der Waals surface area contributed by atoms with Crippen molar-refractivity contribution in [2.45, 2.75) is 56.7 Å². The van der Waals surface area contributed by atoms with Crippen LogP contribution in [0.15, 0.2) is 30.6 Å². The van der Waals surface area contributed by atoms with Gasteiger partial charge in [0.15, 0.2) is 0 Å². The molecule has 0 unspecified atom stereocenters. The number of amides is 1. The predicted molar refractivity (Wildman–Crippen MR) is 95.4 cm³/mol. The van der Waals surface area contributed by atoms with Gasteiger partial charge in [-0.1, -0.05) is 6.07 Å². The zero-order chi connectivity index (χ0) is 17.1. The number of hydrogen-bond acceptors (Lipinski definition) is 4. The van der Waals surface area contributed by atoms with Crippen LogP contribution in [-0.4, -0.2) is 46.6 Å². The highest BCUT2D eigenvalue weighted by molar-refractivity contribution is 5.76. The van der Waals surface area contributed by atoms with Crippen LogP contribution in [0.25, 0.3) is 5.65 Å². The summed E-state index contributed by atoms with van der Waals surface area (Å²) in [6, 6.07) is 7.16. The number of hydrogen-bond donors (Lipinski definition) is 2. The minimum atomic E-state index is 0.125. The summed E-state index contributed by atoms with van der Waals surface area (Å²) in [5.74, 6) is 0.125. The first-order chi connectivity index (χ1) is 12.3. The molecule has 6 heteroatoms. The van der Waals surface area contributed by atoms with Crippen LogP contribution in [0.5, 0.6) is 0 Å². The van der Waals surface area contributed by atoms with E-state index >= 15 is 0 Å². The lowest BCUT2D eigenvalue weighted by atomic mass is 9.85. The summed E-state index contributed by atoms with van der Waals surface area (Å²) in [6.07, 6.45) is 9.52. The molecule has 1 aliphatic heterocycles. The molecule has 0 aromatic carbocycles. The molecule has 2 N–H and O–H groups in total. The van der Waals surface area contributed by atoms with Crippen LogP contribution >= 0.6 is 0 Å². The van der Waals surface area contributed by atoms with E-state index in [1.807, 2.05) is 35.0 Å². The molecule has 2 aromatic heterocycles. The largest absolute Gasteiger partial charge is 0.381 e. The number of pyridine rings is 1. The van der Waals surface area contributed by atoms with E-state index in [-0.39, 0.29) is 11.9 Å². The second kappa shape index (κ2) is 7.54. The van der Waals surface area contributed by atoms with Crippen LogP contribution in [0.4, 0.5) is 0 Å². The number of ether oxygens (including phenoxy) is 1. The Labute approximate surface area is 148 Å². The lowest BCUT2D eigenvalue weighted by molar-refractivity contribution is -0.122. The van der Waals surface area contributed by atoms with Crippen molar-refractivity contribution in [2.75, 3.05) is 13.2 Å². The van der Waals surface area contributed by atoms with Gasteiger partial charge in [-0.3, -0.25) is 4.79 Å². The Morgan fingerprint density at radius 2 is 2.04 bits per heavy atom. The van der Waals surface area contributed by atoms with Gasteiger partial charge < -0.3 is 19.8 Å². The second-order valence-corrected chi connectivity index (χ2v) is 7.11. The van der Waals surface area contributed by atoms with Crippen molar-refractivity contribution < 1.29 is 9.53 Å². The molecule has 1 saturated heterocycles. The number of nitrogens with one attached hydrogen (secondary N) is 2. The fourth-order valence-electron chi connectivity index (χ4n) is 3.67. The summed E-state index contributed by atoms with van der Waals surface area (Å²) < 4.78 is 7.40. The SMILES string of the molecule is O=C(CCc1cn2ccccc2n1)N[C@H]1CC[C@H]1NC1CCOCC1. The molecule has 134 valence electrons. The van der Waals surface area contributed by atoms with Crippen molar-refractivity contribution in [3.05, 3.63) is 36.3 Å². The van der Waals surface area contributed by atoms with E-state index in [0.29, 0.717) is 24.9 Å². The van der Waals surface area contributed by atoms with Crippen LogP contribution in [0.3, 0.4) is 0 Å². The molecule has 1 saturated carbocycles. The Morgan fingerprint density at radius 3 is 2.80 bits per heavy atom. The Morgan fingerprint density at radius 1 is 1.20 bits per heavy atom. The Balaban J connectivity index is 1.23. The molecule has 6 nitrogen and oxygen atoms in total. The maximum atomic E-state index is 12.3. The number of aromatic nitrogens is 2. The molecule has 0 radical (unpaired) electrons. The molecular formula is C19H26N4O2. The highest BCUT2D eigenvalue weighted by Crippen LogP contribution is 2.22. The fourth-order valence-corrected chi connectivity index (χ4v) is 3.67. The molecule has 1 aliphatic carbocycles. The Kier molecular flexibility index (Phi) is 4.99. The Hall–Kier alpha value is -1.92. The molecule has 3 heterocycles. The van der Waals surface area contributed by atoms with Crippen LogP contribution in [-0.2, 0) is 16.0 Å². The van der Waals surface area contributed by atoms with Crippen molar-refractivity contribution >= 4 is 11.6 Å². The van der Waals surface area contributed by atoms with Crippen molar-refractivity contribution in [1.29, 1.82) is 0 Å². The molecule has 2 atom stereocenters. The third kappa shape index (κ3) is 4.02. The van der Waals surface area contributed by atoms with Gasteiger partial charge in [-0.25, -0.2) is 4.98 Å². The van der Waals surface area contributed by atoms with Crippen LogP contribution in [0, 0.1) is 0 Å². The highest BCUT2D eigenvalue weighted by atomic mass is 16.5. The molecular weight excluding hydrogens is 316 g/mol.